The molecule has 3 heteroatoms. The van der Waals surface area contributed by atoms with Crippen molar-refractivity contribution >= 4 is 29.1 Å². The van der Waals surface area contributed by atoms with Gasteiger partial charge < -0.3 is 0 Å². The van der Waals surface area contributed by atoms with E-state index in [0.29, 0.717) is 17.2 Å². The van der Waals surface area contributed by atoms with Gasteiger partial charge in [-0.1, -0.05) is 41.4 Å². The molecule has 0 spiro atoms. The summed E-state index contributed by atoms with van der Waals surface area (Å²) in [7, 11) is 0. The lowest BCUT2D eigenvalue weighted by molar-refractivity contribution is -0.116. The molecule has 2 aromatic carbocycles. The van der Waals surface area contributed by atoms with Crippen LogP contribution in [0.4, 0.5) is 0 Å². The van der Waals surface area contributed by atoms with Crippen LogP contribution in [0, 0.1) is 6.92 Å². The molecule has 98 valence electrons. The molecule has 0 N–H and O–H groups in total. The molecule has 0 atom stereocenters. The Kier molecular flexibility index (Phi) is 5.06. The lowest BCUT2D eigenvalue weighted by atomic mass is 10.1. The zero-order chi connectivity index (χ0) is 13.7. The van der Waals surface area contributed by atoms with E-state index in [2.05, 4.69) is 19.1 Å². The van der Waals surface area contributed by atoms with Gasteiger partial charge in [0.1, 0.15) is 5.78 Å². The van der Waals surface area contributed by atoms with Crippen molar-refractivity contribution in [3.05, 3.63) is 64.7 Å². The van der Waals surface area contributed by atoms with Gasteiger partial charge in [-0.25, -0.2) is 0 Å². The Morgan fingerprint density at radius 1 is 1.16 bits per heavy atom. The molecule has 0 aliphatic carbocycles. The van der Waals surface area contributed by atoms with Crippen molar-refractivity contribution in [3.63, 3.8) is 0 Å². The Morgan fingerprint density at radius 3 is 2.58 bits per heavy atom. The summed E-state index contributed by atoms with van der Waals surface area (Å²) in [6.45, 7) is 2.05. The average molecular weight is 291 g/mol. The second-order valence-electron chi connectivity index (χ2n) is 4.45. The van der Waals surface area contributed by atoms with E-state index >= 15 is 0 Å². The maximum absolute atomic E-state index is 11.9. The van der Waals surface area contributed by atoms with E-state index < -0.39 is 0 Å². The van der Waals surface area contributed by atoms with E-state index in [1.54, 1.807) is 11.8 Å². The number of benzene rings is 2. The van der Waals surface area contributed by atoms with Crippen LogP contribution in [0.15, 0.2) is 53.4 Å². The first-order valence-electron chi connectivity index (χ1n) is 6.09. The predicted molar refractivity (Wildman–Crippen MR) is 82.1 cm³/mol. The molecule has 0 saturated heterocycles. The quantitative estimate of drug-likeness (QED) is 0.751. The number of rotatable bonds is 5. The first kappa shape index (κ1) is 14.2. The Balaban J connectivity index is 1.86. The number of ketones is 1. The maximum atomic E-state index is 11.9. The van der Waals surface area contributed by atoms with Crippen LogP contribution in [-0.4, -0.2) is 11.5 Å². The summed E-state index contributed by atoms with van der Waals surface area (Å²) < 4.78 is 0. The fraction of sp³-hybridized carbons (Fsp3) is 0.188. The fourth-order valence-electron chi connectivity index (χ4n) is 1.72. The number of Topliss-reactive ketones (excluding diaryl/α,β-unsaturated/α-hetero) is 1. The van der Waals surface area contributed by atoms with Gasteiger partial charge in [0.2, 0.25) is 0 Å². The summed E-state index contributed by atoms with van der Waals surface area (Å²) in [5, 5.41) is 0.677. The van der Waals surface area contributed by atoms with Crippen LogP contribution in [0.2, 0.25) is 5.02 Å². The molecule has 2 rings (SSSR count). The van der Waals surface area contributed by atoms with Gasteiger partial charge in [-0.2, -0.15) is 0 Å². The van der Waals surface area contributed by atoms with Gasteiger partial charge in [-0.05, 0) is 36.8 Å². The molecule has 2 aromatic rings. The minimum absolute atomic E-state index is 0.216. The predicted octanol–water partition coefficient (Wildman–Crippen LogP) is 4.55. The molecule has 0 aliphatic heterocycles. The molecule has 0 heterocycles. The lowest BCUT2D eigenvalue weighted by Gasteiger charge is -2.03. The van der Waals surface area contributed by atoms with E-state index in [9.17, 15) is 4.79 Å². The Morgan fingerprint density at radius 2 is 1.89 bits per heavy atom. The summed E-state index contributed by atoms with van der Waals surface area (Å²) in [4.78, 5) is 13.0. The highest BCUT2D eigenvalue weighted by Crippen LogP contribution is 2.19. The third kappa shape index (κ3) is 4.73. The monoisotopic (exact) mass is 290 g/mol. The summed E-state index contributed by atoms with van der Waals surface area (Å²) in [5.41, 5.74) is 2.21. The maximum Gasteiger partial charge on any atom is 0.147 e. The third-order valence-electron chi connectivity index (χ3n) is 2.71. The first-order chi connectivity index (χ1) is 9.13. The number of halogens is 1. The van der Waals surface area contributed by atoms with Crippen LogP contribution in [0.3, 0.4) is 0 Å². The van der Waals surface area contributed by atoms with Crippen LogP contribution < -0.4 is 0 Å². The van der Waals surface area contributed by atoms with E-state index in [1.165, 1.54) is 5.56 Å². The van der Waals surface area contributed by atoms with Crippen molar-refractivity contribution in [1.82, 2.24) is 0 Å². The Labute approximate surface area is 123 Å². The van der Waals surface area contributed by atoms with Gasteiger partial charge in [-0.15, -0.1) is 11.8 Å². The number of thioether (sulfide) groups is 1. The molecule has 0 bridgehead atoms. The van der Waals surface area contributed by atoms with Gasteiger partial charge in [0.15, 0.2) is 0 Å². The van der Waals surface area contributed by atoms with E-state index in [0.717, 1.165) is 10.5 Å². The lowest BCUT2D eigenvalue weighted by Crippen LogP contribution is -2.05. The fourth-order valence-corrected chi connectivity index (χ4v) is 2.70. The first-order valence-corrected chi connectivity index (χ1v) is 7.45. The molecule has 0 amide bonds. The zero-order valence-electron chi connectivity index (χ0n) is 10.7. The van der Waals surface area contributed by atoms with Crippen molar-refractivity contribution in [2.24, 2.45) is 0 Å². The van der Waals surface area contributed by atoms with Gasteiger partial charge in [0.25, 0.3) is 0 Å². The highest BCUT2D eigenvalue weighted by Gasteiger charge is 2.05. The molecule has 0 aromatic heterocycles. The van der Waals surface area contributed by atoms with Crippen LogP contribution in [0.1, 0.15) is 11.1 Å². The van der Waals surface area contributed by atoms with Crippen molar-refractivity contribution < 1.29 is 4.79 Å². The van der Waals surface area contributed by atoms with Crippen molar-refractivity contribution in [2.75, 3.05) is 5.75 Å². The largest absolute Gasteiger partial charge is 0.298 e. The summed E-state index contributed by atoms with van der Waals surface area (Å²) >= 11 is 7.48. The molecule has 0 radical (unpaired) electrons. The van der Waals surface area contributed by atoms with Gasteiger partial charge in [0.05, 0.1) is 5.75 Å². The number of hydrogen-bond acceptors (Lipinski definition) is 2. The third-order valence-corrected chi connectivity index (χ3v) is 4.02. The van der Waals surface area contributed by atoms with Crippen LogP contribution in [0.25, 0.3) is 0 Å². The second-order valence-corrected chi connectivity index (χ2v) is 5.93. The highest BCUT2D eigenvalue weighted by atomic mass is 35.5. The van der Waals surface area contributed by atoms with Crippen LogP contribution in [-0.2, 0) is 11.2 Å². The van der Waals surface area contributed by atoms with Gasteiger partial charge in [0, 0.05) is 16.3 Å². The van der Waals surface area contributed by atoms with E-state index in [4.69, 9.17) is 11.6 Å². The Hall–Kier alpha value is -1.25. The van der Waals surface area contributed by atoms with E-state index in [1.807, 2.05) is 36.4 Å². The number of carbonyl (C=O) groups excluding carboxylic acids is 1. The SMILES string of the molecule is Cc1ccc(SCC(=O)Cc2cccc(Cl)c2)cc1. The summed E-state index contributed by atoms with van der Waals surface area (Å²) in [6.07, 6.45) is 0.444. The number of hydrogen-bond donors (Lipinski definition) is 0. The van der Waals surface area contributed by atoms with Crippen molar-refractivity contribution in [3.8, 4) is 0 Å². The highest BCUT2D eigenvalue weighted by molar-refractivity contribution is 8.00. The number of carbonyl (C=O) groups is 1. The molecule has 19 heavy (non-hydrogen) atoms. The Bertz CT molecular complexity index is 563. The molecule has 1 nitrogen and oxygen atoms in total. The van der Waals surface area contributed by atoms with Crippen molar-refractivity contribution in [1.29, 1.82) is 0 Å². The molecule has 0 fully saturated rings. The smallest absolute Gasteiger partial charge is 0.147 e. The van der Waals surface area contributed by atoms with Crippen LogP contribution >= 0.6 is 23.4 Å². The van der Waals surface area contributed by atoms with Gasteiger partial charge >= 0.3 is 0 Å². The molecule has 0 aliphatic rings. The average Bonchev–Trinajstić information content (AvgIpc) is 2.38. The summed E-state index contributed by atoms with van der Waals surface area (Å²) in [5.74, 6) is 0.711. The minimum atomic E-state index is 0.216. The van der Waals surface area contributed by atoms with Crippen LogP contribution in [0.5, 0.6) is 0 Å². The van der Waals surface area contributed by atoms with Gasteiger partial charge in [-0.3, -0.25) is 4.79 Å². The molecule has 0 saturated carbocycles. The topological polar surface area (TPSA) is 17.1 Å². The standard InChI is InChI=1S/C16H15ClOS/c1-12-5-7-16(8-6-12)19-11-15(18)10-13-3-2-4-14(17)9-13/h2-9H,10-11H2,1H3. The number of aryl methyl sites for hydroxylation is 1. The molecule has 0 unspecified atom stereocenters. The summed E-state index contributed by atoms with van der Waals surface area (Å²) in [6, 6.07) is 15.7. The molecular weight excluding hydrogens is 276 g/mol. The zero-order valence-corrected chi connectivity index (χ0v) is 12.3. The normalized spacial score (nSPS) is 10.4. The molecular formula is C16H15ClOS. The van der Waals surface area contributed by atoms with E-state index in [-0.39, 0.29) is 5.78 Å². The minimum Gasteiger partial charge on any atom is -0.298 e. The van der Waals surface area contributed by atoms with Crippen molar-refractivity contribution in [2.45, 2.75) is 18.2 Å². The second kappa shape index (κ2) is 6.78.